The zero-order valence-electron chi connectivity index (χ0n) is 22.6. The lowest BCUT2D eigenvalue weighted by molar-refractivity contribution is 0.0367. The Morgan fingerprint density at radius 2 is 1.62 bits per heavy atom. The number of amides is 1. The molecule has 0 radical (unpaired) electrons. The number of nitrogens with zero attached hydrogens (tertiary/aromatic N) is 4. The molecule has 0 unspecified atom stereocenters. The van der Waals surface area contributed by atoms with E-state index in [1.165, 1.54) is 18.6 Å². The van der Waals surface area contributed by atoms with E-state index in [1.807, 2.05) is 40.8 Å². The van der Waals surface area contributed by atoms with Gasteiger partial charge in [0.2, 0.25) is 0 Å². The first kappa shape index (κ1) is 27.5. The van der Waals surface area contributed by atoms with Gasteiger partial charge in [-0.1, -0.05) is 24.3 Å². The largest absolute Gasteiger partial charge is 0.478 e. The number of carbonyl (C=O) groups excluding carboxylic acids is 1. The third-order valence-corrected chi connectivity index (χ3v) is 7.32. The molecule has 3 heterocycles. The number of carboxylic acid groups (broad SMARTS) is 1. The second kappa shape index (κ2) is 12.4. The number of piperazine rings is 1. The topological polar surface area (TPSA) is 87.9 Å². The van der Waals surface area contributed by atoms with Crippen molar-refractivity contribution in [3.05, 3.63) is 101 Å². The van der Waals surface area contributed by atoms with Crippen LogP contribution >= 0.6 is 0 Å². The molecule has 0 saturated carbocycles. The van der Waals surface area contributed by atoms with E-state index >= 15 is 0 Å². The van der Waals surface area contributed by atoms with Crippen LogP contribution in [0.5, 0.6) is 0 Å². The van der Waals surface area contributed by atoms with Crippen molar-refractivity contribution in [2.75, 3.05) is 39.4 Å². The summed E-state index contributed by atoms with van der Waals surface area (Å²) in [6.07, 6.45) is 1.92. The quantitative estimate of drug-likeness (QED) is 0.388. The number of benzene rings is 3. The van der Waals surface area contributed by atoms with Crippen LogP contribution in [0.4, 0.5) is 4.39 Å². The molecule has 3 aromatic carbocycles. The van der Waals surface area contributed by atoms with E-state index in [4.69, 9.17) is 4.74 Å². The van der Waals surface area contributed by atoms with E-state index in [2.05, 4.69) is 9.88 Å². The standard InChI is InChI=1S/C28H27FN4O3.C3H6O/c1-31-25-17-22(28(35)36)7-10-24(25)30-26(31)18-32-11-13-33(14-12-32)27(34)21-4-2-3-20(16-21)15-19-5-8-23(29)9-6-19;1-2-4-3-1/h2-10,16-17H,11-15,18H2,1H3,(H,35,36);1-3H2. The van der Waals surface area contributed by atoms with Crippen LogP contribution in [0, 0.1) is 5.82 Å². The molecule has 0 aliphatic carbocycles. The first-order valence-corrected chi connectivity index (χ1v) is 13.5. The average molecular weight is 545 g/mol. The third-order valence-electron chi connectivity index (χ3n) is 7.32. The zero-order valence-corrected chi connectivity index (χ0v) is 22.6. The van der Waals surface area contributed by atoms with Gasteiger partial charge < -0.3 is 19.3 Å². The van der Waals surface area contributed by atoms with Gasteiger partial charge in [0.15, 0.2) is 0 Å². The second-order valence-electron chi connectivity index (χ2n) is 10.1. The third kappa shape index (κ3) is 6.55. The summed E-state index contributed by atoms with van der Waals surface area (Å²) < 4.78 is 19.8. The van der Waals surface area contributed by atoms with E-state index in [9.17, 15) is 19.1 Å². The maximum absolute atomic E-state index is 13.2. The highest BCUT2D eigenvalue weighted by molar-refractivity contribution is 5.94. The number of fused-ring (bicyclic) bond motifs is 1. The number of aromatic nitrogens is 2. The lowest BCUT2D eigenvalue weighted by atomic mass is 10.0. The van der Waals surface area contributed by atoms with Crippen molar-refractivity contribution in [2.24, 2.45) is 7.05 Å². The highest BCUT2D eigenvalue weighted by atomic mass is 19.1. The number of rotatable bonds is 6. The average Bonchev–Trinajstić information content (AvgIpc) is 3.23. The van der Waals surface area contributed by atoms with Gasteiger partial charge in [0.25, 0.3) is 5.91 Å². The van der Waals surface area contributed by atoms with Crippen molar-refractivity contribution in [1.82, 2.24) is 19.4 Å². The maximum atomic E-state index is 13.2. The molecule has 8 nitrogen and oxygen atoms in total. The minimum atomic E-state index is -0.957. The number of imidazole rings is 1. The molecule has 2 fully saturated rings. The number of hydrogen-bond donors (Lipinski definition) is 1. The first-order valence-electron chi connectivity index (χ1n) is 13.5. The molecule has 2 aliphatic heterocycles. The SMILES string of the molecule is C1COC1.Cn1c(CN2CCN(C(=O)c3cccc(Cc4ccc(F)cc4)c3)CC2)nc2ccc(C(=O)O)cc21. The minimum Gasteiger partial charge on any atom is -0.478 e. The van der Waals surface area contributed by atoms with Crippen molar-refractivity contribution in [3.8, 4) is 0 Å². The van der Waals surface area contributed by atoms with Crippen molar-refractivity contribution in [2.45, 2.75) is 19.4 Å². The molecular formula is C31H33FN4O4. The number of carbonyl (C=O) groups is 2. The summed E-state index contributed by atoms with van der Waals surface area (Å²) in [7, 11) is 1.90. The van der Waals surface area contributed by atoms with Gasteiger partial charge in [-0.25, -0.2) is 14.2 Å². The van der Waals surface area contributed by atoms with Crippen molar-refractivity contribution >= 4 is 22.9 Å². The highest BCUT2D eigenvalue weighted by Crippen LogP contribution is 2.20. The summed E-state index contributed by atoms with van der Waals surface area (Å²) in [5.41, 5.74) is 4.47. The Morgan fingerprint density at radius 1 is 0.925 bits per heavy atom. The number of halogens is 1. The molecule has 40 heavy (non-hydrogen) atoms. The summed E-state index contributed by atoms with van der Waals surface area (Å²) in [4.78, 5) is 33.3. The minimum absolute atomic E-state index is 0.0135. The van der Waals surface area contributed by atoms with Crippen molar-refractivity contribution < 1.29 is 23.8 Å². The van der Waals surface area contributed by atoms with Crippen molar-refractivity contribution in [1.29, 1.82) is 0 Å². The summed E-state index contributed by atoms with van der Waals surface area (Å²) in [6.45, 7) is 5.32. The summed E-state index contributed by atoms with van der Waals surface area (Å²) >= 11 is 0. The number of aromatic carboxylic acids is 1. The van der Waals surface area contributed by atoms with E-state index in [-0.39, 0.29) is 17.3 Å². The molecule has 9 heteroatoms. The lowest BCUT2D eigenvalue weighted by Gasteiger charge is -2.34. The van der Waals surface area contributed by atoms with E-state index < -0.39 is 5.97 Å². The fourth-order valence-electron chi connectivity index (χ4n) is 4.80. The molecule has 1 N–H and O–H groups in total. The van der Waals surface area contributed by atoms with E-state index in [0.29, 0.717) is 31.6 Å². The van der Waals surface area contributed by atoms with E-state index in [0.717, 1.165) is 54.3 Å². The first-order chi connectivity index (χ1) is 19.4. The fourth-order valence-corrected chi connectivity index (χ4v) is 4.80. The normalized spacial score (nSPS) is 15.3. The second-order valence-corrected chi connectivity index (χ2v) is 10.1. The lowest BCUT2D eigenvalue weighted by Crippen LogP contribution is -2.48. The molecule has 4 aromatic rings. The molecule has 1 aromatic heterocycles. The molecule has 208 valence electrons. The zero-order chi connectivity index (χ0) is 28.1. The summed E-state index contributed by atoms with van der Waals surface area (Å²) in [5, 5.41) is 9.26. The van der Waals surface area contributed by atoms with Gasteiger partial charge >= 0.3 is 5.97 Å². The summed E-state index contributed by atoms with van der Waals surface area (Å²) in [6, 6.07) is 19.0. The molecule has 0 bridgehead atoms. The van der Waals surface area contributed by atoms with Gasteiger partial charge in [-0.15, -0.1) is 0 Å². The van der Waals surface area contributed by atoms with Crippen LogP contribution in [0.2, 0.25) is 0 Å². The van der Waals surface area contributed by atoms with Crippen LogP contribution in [-0.2, 0) is 24.8 Å². The fraction of sp³-hybridized carbons (Fsp3) is 0.323. The molecule has 0 spiro atoms. The Morgan fingerprint density at radius 3 is 2.27 bits per heavy atom. The molecule has 6 rings (SSSR count). The number of aryl methyl sites for hydroxylation is 1. The molecule has 1 amide bonds. The van der Waals surface area contributed by atoms with Crippen LogP contribution in [0.25, 0.3) is 11.0 Å². The predicted octanol–water partition coefficient (Wildman–Crippen LogP) is 4.37. The van der Waals surface area contributed by atoms with Crippen LogP contribution in [0.3, 0.4) is 0 Å². The number of carboxylic acids is 1. The Kier molecular flexibility index (Phi) is 8.52. The Bertz CT molecular complexity index is 1490. The van der Waals surface area contributed by atoms with Gasteiger partial charge in [0, 0.05) is 52.0 Å². The van der Waals surface area contributed by atoms with Gasteiger partial charge in [-0.05, 0) is 66.4 Å². The van der Waals surface area contributed by atoms with Crippen LogP contribution < -0.4 is 0 Å². The Balaban J connectivity index is 0.000000741. The van der Waals surface area contributed by atoms with Crippen LogP contribution in [0.15, 0.2) is 66.7 Å². The number of hydrogen-bond acceptors (Lipinski definition) is 5. The van der Waals surface area contributed by atoms with Gasteiger partial charge in [-0.3, -0.25) is 9.69 Å². The van der Waals surface area contributed by atoms with Gasteiger partial charge in [-0.2, -0.15) is 0 Å². The van der Waals surface area contributed by atoms with Crippen LogP contribution in [0.1, 0.15) is 44.1 Å². The number of ether oxygens (including phenoxy) is 1. The maximum Gasteiger partial charge on any atom is 0.335 e. The monoisotopic (exact) mass is 544 g/mol. The van der Waals surface area contributed by atoms with E-state index in [1.54, 1.807) is 30.3 Å². The molecule has 2 saturated heterocycles. The molecule has 2 aliphatic rings. The Labute approximate surface area is 232 Å². The molecule has 0 atom stereocenters. The highest BCUT2D eigenvalue weighted by Gasteiger charge is 2.23. The Hall–Kier alpha value is -4.08. The predicted molar refractivity (Wildman–Crippen MR) is 150 cm³/mol. The van der Waals surface area contributed by atoms with Crippen molar-refractivity contribution in [3.63, 3.8) is 0 Å². The smallest absolute Gasteiger partial charge is 0.335 e. The van der Waals surface area contributed by atoms with Gasteiger partial charge in [0.1, 0.15) is 11.6 Å². The van der Waals surface area contributed by atoms with Crippen LogP contribution in [-0.4, -0.2) is 75.7 Å². The summed E-state index contributed by atoms with van der Waals surface area (Å²) in [5.74, 6) is -0.341. The molecular weight excluding hydrogens is 511 g/mol. The van der Waals surface area contributed by atoms with Gasteiger partial charge in [0.05, 0.1) is 23.1 Å².